The summed E-state index contributed by atoms with van der Waals surface area (Å²) in [4.78, 5) is 0. The normalized spacial score (nSPS) is 32.1. The summed E-state index contributed by atoms with van der Waals surface area (Å²) < 4.78 is 0. The highest BCUT2D eigenvalue weighted by Gasteiger charge is 2.24. The van der Waals surface area contributed by atoms with Crippen LogP contribution in [-0.4, -0.2) is 29.8 Å². The summed E-state index contributed by atoms with van der Waals surface area (Å²) in [5.41, 5.74) is 3.29. The summed E-state index contributed by atoms with van der Waals surface area (Å²) in [6.45, 7) is 1.12. The first-order valence-electron chi connectivity index (χ1n) is 4.30. The monoisotopic (exact) mass is 153 g/mol. The molecule has 0 saturated carbocycles. The van der Waals surface area contributed by atoms with Gasteiger partial charge in [-0.05, 0) is 19.3 Å². The molecule has 1 atom stereocenters. The van der Waals surface area contributed by atoms with Crippen LogP contribution >= 0.6 is 0 Å². The van der Waals surface area contributed by atoms with Crippen molar-refractivity contribution in [3.63, 3.8) is 0 Å². The highest BCUT2D eigenvalue weighted by atomic mass is 15.8. The Hall–Kier alpha value is -0.540. The zero-order valence-electron chi connectivity index (χ0n) is 6.95. The maximum absolute atomic E-state index is 3.29. The van der Waals surface area contributed by atoms with Gasteiger partial charge in [0, 0.05) is 25.8 Å². The van der Waals surface area contributed by atoms with E-state index < -0.39 is 0 Å². The fraction of sp³-hybridized carbons (Fsp3) is 0.750. The molecule has 1 fully saturated rings. The molecule has 0 aromatic rings. The van der Waals surface area contributed by atoms with Gasteiger partial charge in [0.2, 0.25) is 0 Å². The van der Waals surface area contributed by atoms with Crippen molar-refractivity contribution in [3.05, 3.63) is 12.3 Å². The van der Waals surface area contributed by atoms with Gasteiger partial charge in [-0.25, -0.2) is 5.43 Å². The Kier molecular flexibility index (Phi) is 1.84. The second kappa shape index (κ2) is 2.83. The van der Waals surface area contributed by atoms with Gasteiger partial charge in [0.25, 0.3) is 0 Å². The molecule has 0 aliphatic carbocycles. The number of fused-ring (bicyclic) bond motifs is 1. The molecule has 2 aliphatic rings. The lowest BCUT2D eigenvalue weighted by atomic mass is 10.0. The van der Waals surface area contributed by atoms with E-state index in [0.29, 0.717) is 0 Å². The number of nitrogens with one attached hydrogen (secondary N) is 1. The quantitative estimate of drug-likeness (QED) is 0.553. The highest BCUT2D eigenvalue weighted by Crippen LogP contribution is 2.20. The second-order valence-corrected chi connectivity index (χ2v) is 3.22. The summed E-state index contributed by atoms with van der Waals surface area (Å²) in [5, 5.41) is 4.37. The molecule has 0 radical (unpaired) electrons. The second-order valence-electron chi connectivity index (χ2n) is 3.22. The third-order valence-electron chi connectivity index (χ3n) is 2.46. The smallest absolute Gasteiger partial charge is 0.0479 e. The average Bonchev–Trinajstić information content (AvgIpc) is 2.06. The largest absolute Gasteiger partial charge is 0.297 e. The van der Waals surface area contributed by atoms with Crippen LogP contribution in [0, 0.1) is 0 Å². The van der Waals surface area contributed by atoms with Gasteiger partial charge in [0.05, 0.1) is 0 Å². The first-order chi connectivity index (χ1) is 5.38. The van der Waals surface area contributed by atoms with E-state index in [1.807, 2.05) is 0 Å². The number of allylic oxidation sites excluding steroid dienone is 1. The van der Waals surface area contributed by atoms with Gasteiger partial charge in [-0.1, -0.05) is 6.08 Å². The standard InChI is InChI=1S/C8H15N3/c1-10-9-6-5-8-4-2-3-7-11(8)10/h3,7-9H,2,4-6H2,1H3. The van der Waals surface area contributed by atoms with Crippen LogP contribution in [0.2, 0.25) is 0 Å². The third kappa shape index (κ3) is 1.26. The first kappa shape index (κ1) is 7.13. The maximum Gasteiger partial charge on any atom is 0.0479 e. The van der Waals surface area contributed by atoms with Crippen molar-refractivity contribution in [2.45, 2.75) is 25.3 Å². The predicted molar refractivity (Wildman–Crippen MR) is 44.4 cm³/mol. The minimum Gasteiger partial charge on any atom is -0.297 e. The molecule has 2 rings (SSSR count). The Bertz CT molecular complexity index is 167. The highest BCUT2D eigenvalue weighted by molar-refractivity contribution is 4.92. The lowest BCUT2D eigenvalue weighted by Crippen LogP contribution is -2.56. The van der Waals surface area contributed by atoms with Gasteiger partial charge in [-0.15, -0.1) is 0 Å². The molecule has 2 aliphatic heterocycles. The van der Waals surface area contributed by atoms with Crippen LogP contribution in [-0.2, 0) is 0 Å². The van der Waals surface area contributed by atoms with E-state index >= 15 is 0 Å². The Morgan fingerprint density at radius 3 is 3.18 bits per heavy atom. The van der Waals surface area contributed by atoms with Gasteiger partial charge in [0.1, 0.15) is 0 Å². The van der Waals surface area contributed by atoms with Gasteiger partial charge in [-0.2, -0.15) is 5.12 Å². The number of hydrogen-bond donors (Lipinski definition) is 1. The summed E-state index contributed by atoms with van der Waals surface area (Å²) in [6, 6.07) is 0.742. The van der Waals surface area contributed by atoms with Crippen LogP contribution in [0.15, 0.2) is 12.3 Å². The van der Waals surface area contributed by atoms with Crippen LogP contribution in [0.3, 0.4) is 0 Å². The molecular weight excluding hydrogens is 138 g/mol. The number of hydrogen-bond acceptors (Lipinski definition) is 3. The van der Waals surface area contributed by atoms with E-state index in [4.69, 9.17) is 0 Å². The lowest BCUT2D eigenvalue weighted by Gasteiger charge is -2.43. The van der Waals surface area contributed by atoms with Crippen molar-refractivity contribution in [3.8, 4) is 0 Å². The molecule has 3 heteroatoms. The molecule has 11 heavy (non-hydrogen) atoms. The van der Waals surface area contributed by atoms with Crippen LogP contribution < -0.4 is 5.43 Å². The Labute approximate surface area is 67.6 Å². The Morgan fingerprint density at radius 2 is 2.36 bits per heavy atom. The van der Waals surface area contributed by atoms with Gasteiger partial charge >= 0.3 is 0 Å². The third-order valence-corrected chi connectivity index (χ3v) is 2.46. The zero-order valence-corrected chi connectivity index (χ0v) is 6.95. The zero-order chi connectivity index (χ0) is 7.68. The molecule has 1 saturated heterocycles. The fourth-order valence-electron chi connectivity index (χ4n) is 1.82. The van der Waals surface area contributed by atoms with Crippen LogP contribution in [0.1, 0.15) is 19.3 Å². The predicted octanol–water partition coefficient (Wildman–Crippen LogP) is 0.720. The molecule has 3 nitrogen and oxygen atoms in total. The van der Waals surface area contributed by atoms with Crippen molar-refractivity contribution >= 4 is 0 Å². The summed E-state index contributed by atoms with van der Waals surface area (Å²) in [5.74, 6) is 0. The van der Waals surface area contributed by atoms with E-state index in [1.165, 1.54) is 19.3 Å². The lowest BCUT2D eigenvalue weighted by molar-refractivity contribution is -0.0754. The molecule has 0 amide bonds. The van der Waals surface area contributed by atoms with Crippen molar-refractivity contribution in [2.24, 2.45) is 0 Å². The molecule has 1 N–H and O–H groups in total. The molecule has 0 bridgehead atoms. The van der Waals surface area contributed by atoms with Crippen LogP contribution in [0.4, 0.5) is 0 Å². The van der Waals surface area contributed by atoms with Crippen LogP contribution in [0.5, 0.6) is 0 Å². The van der Waals surface area contributed by atoms with E-state index in [9.17, 15) is 0 Å². The topological polar surface area (TPSA) is 18.5 Å². The molecule has 0 aromatic heterocycles. The maximum atomic E-state index is 3.29. The molecule has 62 valence electrons. The molecular formula is C8H15N3. The van der Waals surface area contributed by atoms with Crippen molar-refractivity contribution in [1.29, 1.82) is 0 Å². The number of hydrazine groups is 2. The van der Waals surface area contributed by atoms with E-state index in [1.54, 1.807) is 0 Å². The van der Waals surface area contributed by atoms with E-state index in [0.717, 1.165) is 12.6 Å². The van der Waals surface area contributed by atoms with E-state index in [2.05, 4.69) is 34.9 Å². The molecule has 0 spiro atoms. The summed E-state index contributed by atoms with van der Waals surface area (Å²) >= 11 is 0. The van der Waals surface area contributed by atoms with E-state index in [-0.39, 0.29) is 0 Å². The molecule has 1 unspecified atom stereocenters. The molecule has 0 aromatic carbocycles. The first-order valence-corrected chi connectivity index (χ1v) is 4.30. The van der Waals surface area contributed by atoms with Crippen LogP contribution in [0.25, 0.3) is 0 Å². The SMILES string of the molecule is CN1NCCC2CCC=CN21. The summed E-state index contributed by atoms with van der Waals surface area (Å²) in [6.07, 6.45) is 8.24. The number of nitrogens with zero attached hydrogens (tertiary/aromatic N) is 2. The van der Waals surface area contributed by atoms with Gasteiger partial charge < -0.3 is 0 Å². The van der Waals surface area contributed by atoms with Gasteiger partial charge in [0.15, 0.2) is 0 Å². The van der Waals surface area contributed by atoms with Crippen molar-refractivity contribution in [2.75, 3.05) is 13.6 Å². The Morgan fingerprint density at radius 1 is 1.45 bits per heavy atom. The van der Waals surface area contributed by atoms with Gasteiger partial charge in [-0.3, -0.25) is 5.01 Å². The minimum absolute atomic E-state index is 0.742. The average molecular weight is 153 g/mol. The minimum atomic E-state index is 0.742. The molecule has 2 heterocycles. The van der Waals surface area contributed by atoms with Crippen molar-refractivity contribution in [1.82, 2.24) is 15.6 Å². The fourth-order valence-corrected chi connectivity index (χ4v) is 1.82. The number of rotatable bonds is 0. The van der Waals surface area contributed by atoms with Crippen molar-refractivity contribution < 1.29 is 0 Å². The Balaban J connectivity index is 2.09. The summed E-state index contributed by atoms with van der Waals surface area (Å²) in [7, 11) is 2.07.